The van der Waals surface area contributed by atoms with Crippen molar-refractivity contribution >= 4 is 26.4 Å². The Morgan fingerprint density at radius 1 is 1.15 bits per heavy atom. The van der Waals surface area contributed by atoms with Crippen LogP contribution in [0.25, 0.3) is 28.1 Å². The molecule has 0 radical (unpaired) electrons. The first-order chi connectivity index (χ1) is 15.4. The minimum absolute atomic E-state index is 0.000825. The van der Waals surface area contributed by atoms with E-state index in [0.29, 0.717) is 16.0 Å². The Morgan fingerprint density at radius 3 is 2.45 bits per heavy atom. The summed E-state index contributed by atoms with van der Waals surface area (Å²) >= 11 is 0. The van der Waals surface area contributed by atoms with Crippen molar-refractivity contribution in [1.82, 2.24) is 23.7 Å². The fourth-order valence-electron chi connectivity index (χ4n) is 4.15. The molecule has 1 aliphatic carbocycles. The average molecular weight is 479 g/mol. The summed E-state index contributed by atoms with van der Waals surface area (Å²) in [7, 11) is -1.29. The summed E-state index contributed by atoms with van der Waals surface area (Å²) in [4.78, 5) is 16.9. The first-order valence-electron chi connectivity index (χ1n) is 10.3. The average Bonchev–Trinajstić information content (AvgIpc) is 3.44. The van der Waals surface area contributed by atoms with E-state index in [9.17, 15) is 26.4 Å². The van der Waals surface area contributed by atoms with E-state index in [1.165, 1.54) is 23.1 Å². The molecule has 174 valence electrons. The van der Waals surface area contributed by atoms with Crippen molar-refractivity contribution in [2.75, 3.05) is 5.75 Å². The smallest absolute Gasteiger partial charge is 0.321 e. The van der Waals surface area contributed by atoms with Gasteiger partial charge in [-0.15, -0.1) is 0 Å². The number of aromatic nitrogens is 5. The Labute approximate surface area is 186 Å². The van der Waals surface area contributed by atoms with Crippen molar-refractivity contribution in [2.24, 2.45) is 14.1 Å². The van der Waals surface area contributed by atoms with Crippen molar-refractivity contribution in [3.05, 3.63) is 46.0 Å². The molecule has 4 aromatic heterocycles. The lowest BCUT2D eigenvalue weighted by Crippen LogP contribution is -2.26. The molecule has 12 heteroatoms. The maximum absolute atomic E-state index is 13.4. The molecule has 33 heavy (non-hydrogen) atoms. The summed E-state index contributed by atoms with van der Waals surface area (Å²) in [5.41, 5.74) is -0.901. The fourth-order valence-corrected chi connectivity index (χ4v) is 5.34. The molecule has 1 fully saturated rings. The summed E-state index contributed by atoms with van der Waals surface area (Å²) in [5, 5.41) is 4.47. The SMILES string of the molecule is CCS(=O)(=O)c1c(-c2nc3cc(C(F)(F)F)n(C)c(=O)c3n2C)nn2cc(C3CC3)ccc12. The van der Waals surface area contributed by atoms with Gasteiger partial charge in [0.25, 0.3) is 5.56 Å². The van der Waals surface area contributed by atoms with Crippen molar-refractivity contribution in [3.8, 4) is 11.5 Å². The van der Waals surface area contributed by atoms with Crippen LogP contribution >= 0.6 is 0 Å². The first kappa shape index (κ1) is 21.7. The highest BCUT2D eigenvalue weighted by Crippen LogP contribution is 2.41. The molecule has 5 rings (SSSR count). The van der Waals surface area contributed by atoms with Crippen molar-refractivity contribution < 1.29 is 21.6 Å². The van der Waals surface area contributed by atoms with Gasteiger partial charge in [-0.25, -0.2) is 17.9 Å². The van der Waals surface area contributed by atoms with E-state index in [1.54, 1.807) is 12.3 Å². The lowest BCUT2D eigenvalue weighted by molar-refractivity contribution is -0.143. The van der Waals surface area contributed by atoms with Gasteiger partial charge in [0.2, 0.25) is 0 Å². The molecule has 0 aromatic carbocycles. The summed E-state index contributed by atoms with van der Waals surface area (Å²) in [5.74, 6) is 0.216. The van der Waals surface area contributed by atoms with E-state index in [1.807, 2.05) is 6.07 Å². The maximum Gasteiger partial charge on any atom is 0.431 e. The van der Waals surface area contributed by atoms with Crippen LogP contribution in [-0.4, -0.2) is 37.9 Å². The Bertz CT molecular complexity index is 1610. The van der Waals surface area contributed by atoms with E-state index < -0.39 is 27.3 Å². The monoisotopic (exact) mass is 479 g/mol. The van der Waals surface area contributed by atoms with Gasteiger partial charge in [-0.1, -0.05) is 13.0 Å². The lowest BCUT2D eigenvalue weighted by Gasteiger charge is -2.11. The number of hydrogen-bond acceptors (Lipinski definition) is 5. The van der Waals surface area contributed by atoms with E-state index >= 15 is 0 Å². The third-order valence-corrected chi connectivity index (χ3v) is 7.90. The normalized spacial score (nSPS) is 15.1. The van der Waals surface area contributed by atoms with E-state index in [4.69, 9.17) is 0 Å². The van der Waals surface area contributed by atoms with Crippen LogP contribution < -0.4 is 5.56 Å². The second-order valence-electron chi connectivity index (χ2n) is 8.27. The summed E-state index contributed by atoms with van der Waals surface area (Å²) in [6.07, 6.45) is -0.877. The maximum atomic E-state index is 13.4. The van der Waals surface area contributed by atoms with E-state index in [0.717, 1.165) is 31.5 Å². The van der Waals surface area contributed by atoms with Gasteiger partial charge < -0.3 is 9.13 Å². The Hall–Kier alpha value is -3.15. The Morgan fingerprint density at radius 2 is 1.85 bits per heavy atom. The van der Waals surface area contributed by atoms with Crippen LogP contribution in [0.4, 0.5) is 13.2 Å². The third-order valence-electron chi connectivity index (χ3n) is 6.11. The van der Waals surface area contributed by atoms with Crippen LogP contribution in [0, 0.1) is 0 Å². The number of sulfone groups is 1. The van der Waals surface area contributed by atoms with Crippen molar-refractivity contribution in [2.45, 2.75) is 36.8 Å². The number of hydrogen-bond donors (Lipinski definition) is 0. The van der Waals surface area contributed by atoms with Gasteiger partial charge in [-0.05, 0) is 36.5 Å². The predicted molar refractivity (Wildman–Crippen MR) is 115 cm³/mol. The quantitative estimate of drug-likeness (QED) is 0.448. The van der Waals surface area contributed by atoms with Gasteiger partial charge in [0.1, 0.15) is 21.8 Å². The van der Waals surface area contributed by atoms with Crippen LogP contribution in [0.15, 0.2) is 34.1 Å². The first-order valence-corrected chi connectivity index (χ1v) is 12.0. The molecule has 0 amide bonds. The van der Waals surface area contributed by atoms with Crippen LogP contribution in [0.2, 0.25) is 0 Å². The van der Waals surface area contributed by atoms with Gasteiger partial charge >= 0.3 is 6.18 Å². The Kier molecular flexibility index (Phi) is 4.55. The largest absolute Gasteiger partial charge is 0.431 e. The van der Waals surface area contributed by atoms with Crippen LogP contribution in [-0.2, 0) is 30.1 Å². The second kappa shape index (κ2) is 6.92. The van der Waals surface area contributed by atoms with E-state index in [2.05, 4.69) is 10.1 Å². The molecule has 0 spiro atoms. The van der Waals surface area contributed by atoms with Crippen LogP contribution in [0.1, 0.15) is 36.9 Å². The molecule has 8 nitrogen and oxygen atoms in total. The minimum atomic E-state index is -4.75. The van der Waals surface area contributed by atoms with Gasteiger partial charge in [-0.3, -0.25) is 4.79 Å². The Balaban J connectivity index is 1.84. The molecule has 0 bridgehead atoms. The highest BCUT2D eigenvalue weighted by Gasteiger charge is 2.36. The minimum Gasteiger partial charge on any atom is -0.321 e. The molecule has 4 aromatic rings. The number of halogens is 3. The number of pyridine rings is 2. The molecule has 0 aliphatic heterocycles. The fraction of sp³-hybridized carbons (Fsp3) is 0.381. The zero-order valence-electron chi connectivity index (χ0n) is 18.0. The van der Waals surface area contributed by atoms with Gasteiger partial charge in [0.05, 0.1) is 16.8 Å². The van der Waals surface area contributed by atoms with E-state index in [-0.39, 0.29) is 33.2 Å². The van der Waals surface area contributed by atoms with Crippen LogP contribution in [0.5, 0.6) is 0 Å². The molecule has 0 unspecified atom stereocenters. The molecule has 0 atom stereocenters. The molecule has 0 saturated heterocycles. The summed E-state index contributed by atoms with van der Waals surface area (Å²) in [6, 6.07) is 4.35. The molecule has 1 aliphatic rings. The number of fused-ring (bicyclic) bond motifs is 2. The standard InChI is InChI=1S/C21H20F3N5O3S/c1-4-33(31,32)18-14-8-7-12(11-5-6-11)10-29(14)26-16(18)19-25-13-9-15(21(22,23)24)27(2)20(30)17(13)28(19)3/h7-11H,4-6H2,1-3H3. The van der Waals surface area contributed by atoms with Crippen LogP contribution in [0.3, 0.4) is 0 Å². The predicted octanol–water partition coefficient (Wildman–Crippen LogP) is 3.28. The molecule has 0 N–H and O–H groups in total. The van der Waals surface area contributed by atoms with Gasteiger partial charge in [0, 0.05) is 20.3 Å². The molecule has 4 heterocycles. The van der Waals surface area contributed by atoms with Crippen molar-refractivity contribution in [1.29, 1.82) is 0 Å². The van der Waals surface area contributed by atoms with Gasteiger partial charge in [0.15, 0.2) is 15.7 Å². The summed E-state index contributed by atoms with van der Waals surface area (Å²) in [6.45, 7) is 1.50. The number of alkyl halides is 3. The number of imidazole rings is 1. The molecule has 1 saturated carbocycles. The molecular formula is C21H20F3N5O3S. The highest BCUT2D eigenvalue weighted by atomic mass is 32.2. The highest BCUT2D eigenvalue weighted by molar-refractivity contribution is 7.91. The number of aryl methyl sites for hydroxylation is 1. The lowest BCUT2D eigenvalue weighted by atomic mass is 10.2. The third kappa shape index (κ3) is 3.26. The zero-order valence-corrected chi connectivity index (χ0v) is 18.8. The topological polar surface area (TPSA) is 91.3 Å². The number of rotatable bonds is 4. The van der Waals surface area contributed by atoms with Gasteiger partial charge in [-0.2, -0.15) is 18.3 Å². The molecular weight excluding hydrogens is 459 g/mol. The second-order valence-corrected chi connectivity index (χ2v) is 10.5. The summed E-state index contributed by atoms with van der Waals surface area (Å²) < 4.78 is 69.6. The number of nitrogens with zero attached hydrogens (tertiary/aromatic N) is 5. The van der Waals surface area contributed by atoms with Crippen molar-refractivity contribution in [3.63, 3.8) is 0 Å². The zero-order chi connectivity index (χ0) is 23.9.